The van der Waals surface area contributed by atoms with Gasteiger partial charge in [0.15, 0.2) is 0 Å². The van der Waals surface area contributed by atoms with Crippen molar-refractivity contribution < 1.29 is 0 Å². The van der Waals surface area contributed by atoms with Crippen LogP contribution >= 0.6 is 0 Å². The second-order valence-corrected chi connectivity index (χ2v) is 4.88. The Hall–Kier alpha value is -1.68. The first-order chi connectivity index (χ1) is 8.74. The van der Waals surface area contributed by atoms with Crippen molar-refractivity contribution in [3.05, 3.63) is 47.8 Å². The van der Waals surface area contributed by atoms with Gasteiger partial charge in [0.05, 0.1) is 0 Å². The summed E-state index contributed by atoms with van der Waals surface area (Å²) in [6.07, 6.45) is 4.46. The van der Waals surface area contributed by atoms with E-state index in [4.69, 9.17) is 0 Å². The molecule has 2 aromatic rings. The van der Waals surface area contributed by atoms with E-state index in [0.29, 0.717) is 5.92 Å². The Morgan fingerprint density at radius 1 is 1.28 bits per heavy atom. The Kier molecular flexibility index (Phi) is 4.47. The van der Waals surface area contributed by atoms with Crippen LogP contribution in [0.15, 0.2) is 30.6 Å². The van der Waals surface area contributed by atoms with Crippen molar-refractivity contribution in [2.24, 2.45) is 5.92 Å². The Morgan fingerprint density at radius 2 is 2.17 bits per heavy atom. The van der Waals surface area contributed by atoms with E-state index in [-0.39, 0.29) is 0 Å². The van der Waals surface area contributed by atoms with E-state index in [9.17, 15) is 0 Å². The van der Waals surface area contributed by atoms with Crippen molar-refractivity contribution in [1.29, 1.82) is 0 Å². The fraction of sp³-hybridized carbons (Fsp3) is 0.429. The van der Waals surface area contributed by atoms with Crippen LogP contribution in [0.4, 0.5) is 0 Å². The molecule has 0 aromatic carbocycles. The van der Waals surface area contributed by atoms with Crippen LogP contribution in [-0.4, -0.2) is 21.5 Å². The minimum Gasteiger partial charge on any atom is -0.344 e. The van der Waals surface area contributed by atoms with Gasteiger partial charge >= 0.3 is 0 Å². The Morgan fingerprint density at radius 3 is 2.89 bits per heavy atom. The number of aromatic amines is 1. The zero-order valence-electron chi connectivity index (χ0n) is 11.0. The van der Waals surface area contributed by atoms with Crippen molar-refractivity contribution in [3.63, 3.8) is 0 Å². The van der Waals surface area contributed by atoms with Gasteiger partial charge in [-0.05, 0) is 24.6 Å². The molecule has 2 aromatic heterocycles. The Bertz CT molecular complexity index is 462. The van der Waals surface area contributed by atoms with E-state index in [0.717, 1.165) is 36.7 Å². The molecule has 96 valence electrons. The topological polar surface area (TPSA) is 53.6 Å². The third-order valence-corrected chi connectivity index (χ3v) is 2.62. The lowest BCUT2D eigenvalue weighted by Crippen LogP contribution is -2.19. The molecule has 0 radical (unpaired) electrons. The summed E-state index contributed by atoms with van der Waals surface area (Å²) < 4.78 is 0. The average Bonchev–Trinajstić information content (AvgIpc) is 2.78. The van der Waals surface area contributed by atoms with Gasteiger partial charge in [-0.2, -0.15) is 0 Å². The zero-order chi connectivity index (χ0) is 12.8. The highest BCUT2D eigenvalue weighted by molar-refractivity contribution is 5.11. The summed E-state index contributed by atoms with van der Waals surface area (Å²) >= 11 is 0. The van der Waals surface area contributed by atoms with Crippen LogP contribution in [0, 0.1) is 5.92 Å². The maximum Gasteiger partial charge on any atom is 0.112 e. The molecular formula is C14H20N4. The summed E-state index contributed by atoms with van der Waals surface area (Å²) in [5, 5.41) is 3.39. The van der Waals surface area contributed by atoms with Crippen LogP contribution in [-0.2, 0) is 13.0 Å². The van der Waals surface area contributed by atoms with E-state index < -0.39 is 0 Å². The van der Waals surface area contributed by atoms with Crippen LogP contribution in [0.1, 0.15) is 31.1 Å². The molecule has 0 fully saturated rings. The van der Waals surface area contributed by atoms with Crippen LogP contribution in [0.25, 0.3) is 0 Å². The van der Waals surface area contributed by atoms with Crippen LogP contribution in [0.5, 0.6) is 0 Å². The van der Waals surface area contributed by atoms with Gasteiger partial charge in [0.2, 0.25) is 0 Å². The van der Waals surface area contributed by atoms with E-state index in [1.165, 1.54) is 0 Å². The molecule has 0 saturated heterocycles. The molecule has 18 heavy (non-hydrogen) atoms. The largest absolute Gasteiger partial charge is 0.344 e. The van der Waals surface area contributed by atoms with Gasteiger partial charge in [0, 0.05) is 36.7 Å². The Balaban J connectivity index is 1.86. The smallest absolute Gasteiger partial charge is 0.112 e. The molecule has 0 aliphatic carbocycles. The molecule has 2 rings (SSSR count). The molecular weight excluding hydrogens is 224 g/mol. The number of hydrogen-bond acceptors (Lipinski definition) is 3. The number of imidazole rings is 1. The van der Waals surface area contributed by atoms with Gasteiger partial charge < -0.3 is 10.3 Å². The van der Waals surface area contributed by atoms with Gasteiger partial charge in [-0.1, -0.05) is 19.9 Å². The summed E-state index contributed by atoms with van der Waals surface area (Å²) in [6.45, 7) is 6.26. The molecule has 0 spiro atoms. The number of nitrogens with zero attached hydrogens (tertiary/aromatic N) is 2. The molecule has 2 heterocycles. The number of hydrogen-bond donors (Lipinski definition) is 2. The third kappa shape index (κ3) is 3.96. The lowest BCUT2D eigenvalue weighted by atomic mass is 10.2. The first-order valence-corrected chi connectivity index (χ1v) is 6.37. The molecule has 4 nitrogen and oxygen atoms in total. The zero-order valence-corrected chi connectivity index (χ0v) is 11.0. The minimum atomic E-state index is 0.668. The molecule has 0 amide bonds. The summed E-state index contributed by atoms with van der Waals surface area (Å²) in [4.78, 5) is 12.0. The monoisotopic (exact) mass is 244 g/mol. The lowest BCUT2D eigenvalue weighted by molar-refractivity contribution is 0.548. The molecule has 0 unspecified atom stereocenters. The average molecular weight is 244 g/mol. The van der Waals surface area contributed by atoms with Crippen molar-refractivity contribution in [3.8, 4) is 0 Å². The fourth-order valence-electron chi connectivity index (χ4n) is 1.76. The van der Waals surface area contributed by atoms with E-state index in [1.54, 1.807) is 0 Å². The maximum absolute atomic E-state index is 4.37. The van der Waals surface area contributed by atoms with Crippen molar-refractivity contribution in [2.75, 3.05) is 6.54 Å². The summed E-state index contributed by atoms with van der Waals surface area (Å²) in [6, 6.07) is 5.93. The van der Waals surface area contributed by atoms with E-state index in [2.05, 4.69) is 34.1 Å². The predicted molar refractivity (Wildman–Crippen MR) is 72.2 cm³/mol. The van der Waals surface area contributed by atoms with Gasteiger partial charge in [-0.3, -0.25) is 4.98 Å². The molecule has 0 aliphatic rings. The van der Waals surface area contributed by atoms with Crippen LogP contribution in [0.2, 0.25) is 0 Å². The second kappa shape index (κ2) is 6.31. The summed E-state index contributed by atoms with van der Waals surface area (Å²) in [5.74, 6) is 1.64. The third-order valence-electron chi connectivity index (χ3n) is 2.62. The first kappa shape index (κ1) is 12.8. The molecule has 0 aliphatic heterocycles. The number of nitrogens with one attached hydrogen (secondary N) is 2. The van der Waals surface area contributed by atoms with Crippen molar-refractivity contribution in [2.45, 2.75) is 26.8 Å². The lowest BCUT2D eigenvalue weighted by Gasteiger charge is -2.05. The molecule has 4 heteroatoms. The normalized spacial score (nSPS) is 11.1. The highest BCUT2D eigenvalue weighted by Crippen LogP contribution is 2.04. The van der Waals surface area contributed by atoms with Crippen molar-refractivity contribution >= 4 is 0 Å². The number of pyridine rings is 1. The highest BCUT2D eigenvalue weighted by atomic mass is 15.0. The van der Waals surface area contributed by atoms with Gasteiger partial charge in [-0.25, -0.2) is 4.98 Å². The molecule has 0 saturated carbocycles. The molecule has 0 bridgehead atoms. The number of H-pyrrole nitrogens is 1. The minimum absolute atomic E-state index is 0.668. The fourth-order valence-corrected chi connectivity index (χ4v) is 1.76. The van der Waals surface area contributed by atoms with Crippen LogP contribution in [0.3, 0.4) is 0 Å². The molecule has 2 N–H and O–H groups in total. The van der Waals surface area contributed by atoms with E-state index >= 15 is 0 Å². The predicted octanol–water partition coefficient (Wildman–Crippen LogP) is 2.14. The van der Waals surface area contributed by atoms with Crippen molar-refractivity contribution in [1.82, 2.24) is 20.3 Å². The Labute approximate surface area is 108 Å². The summed E-state index contributed by atoms with van der Waals surface area (Å²) in [5.41, 5.74) is 2.16. The number of rotatable bonds is 6. The van der Waals surface area contributed by atoms with Gasteiger partial charge in [-0.15, -0.1) is 0 Å². The highest BCUT2D eigenvalue weighted by Gasteiger charge is 2.02. The number of aromatic nitrogens is 3. The van der Waals surface area contributed by atoms with Crippen LogP contribution < -0.4 is 5.32 Å². The first-order valence-electron chi connectivity index (χ1n) is 6.37. The summed E-state index contributed by atoms with van der Waals surface area (Å²) in [7, 11) is 0. The quantitative estimate of drug-likeness (QED) is 0.818. The van der Waals surface area contributed by atoms with Gasteiger partial charge in [0.25, 0.3) is 0 Å². The standard InChI is InChI=1S/C14H20N4/c1-11(2)8-15-9-13-10-17-14(18-13)7-12-5-3-4-6-16-12/h3-6,10-11,15H,7-9H2,1-2H3,(H,17,18). The van der Waals surface area contributed by atoms with Gasteiger partial charge in [0.1, 0.15) is 5.82 Å². The second-order valence-electron chi connectivity index (χ2n) is 4.88. The maximum atomic E-state index is 4.37. The van der Waals surface area contributed by atoms with E-state index in [1.807, 2.05) is 30.6 Å². The molecule has 0 atom stereocenters. The SMILES string of the molecule is CC(C)CNCc1cnc(Cc2ccccn2)[nH]1.